The number of aryl methyl sites for hydroxylation is 2. The van der Waals surface area contributed by atoms with Crippen LogP contribution in [0.2, 0.25) is 0 Å². The van der Waals surface area contributed by atoms with E-state index >= 15 is 0 Å². The first kappa shape index (κ1) is 18.5. The van der Waals surface area contributed by atoms with Gasteiger partial charge in [-0.2, -0.15) is 0 Å². The Labute approximate surface area is 144 Å². The monoisotopic (exact) mass is 331 g/mol. The zero-order valence-electron chi connectivity index (χ0n) is 14.8. The molecule has 2 rings (SSSR count). The predicted molar refractivity (Wildman–Crippen MR) is 95.8 cm³/mol. The highest BCUT2D eigenvalue weighted by molar-refractivity contribution is 5.85. The number of nitrogens with one attached hydrogen (secondary N) is 2. The quantitative estimate of drug-likeness (QED) is 0.761. The summed E-state index contributed by atoms with van der Waals surface area (Å²) < 4.78 is 0. The molecule has 0 radical (unpaired) electrons. The van der Waals surface area contributed by atoms with Gasteiger partial charge in [0, 0.05) is 25.6 Å². The minimum absolute atomic E-state index is 0.0224. The molecule has 0 aromatic heterocycles. The Balaban J connectivity index is 1.74. The Hall–Kier alpha value is -1.88. The summed E-state index contributed by atoms with van der Waals surface area (Å²) >= 11 is 0. The molecular weight excluding hydrogens is 302 g/mol. The van der Waals surface area contributed by atoms with Gasteiger partial charge in [0.2, 0.25) is 11.8 Å². The van der Waals surface area contributed by atoms with Gasteiger partial charge in [-0.1, -0.05) is 36.8 Å². The number of hydrogen-bond donors (Lipinski definition) is 2. The van der Waals surface area contributed by atoms with E-state index in [0.717, 1.165) is 38.0 Å². The topological polar surface area (TPSA) is 61.4 Å². The average Bonchev–Trinajstić information content (AvgIpc) is 3.11. The van der Waals surface area contributed by atoms with Crippen molar-refractivity contribution in [3.8, 4) is 0 Å². The van der Waals surface area contributed by atoms with Gasteiger partial charge in [-0.3, -0.25) is 9.59 Å². The second-order valence-electron chi connectivity index (χ2n) is 6.50. The summed E-state index contributed by atoms with van der Waals surface area (Å²) in [6.07, 6.45) is 3.04. The maximum atomic E-state index is 12.4. The molecule has 0 saturated carbocycles. The van der Waals surface area contributed by atoms with Crippen LogP contribution >= 0.6 is 0 Å². The molecule has 0 bridgehead atoms. The van der Waals surface area contributed by atoms with Crippen molar-refractivity contribution in [2.45, 2.75) is 45.6 Å². The van der Waals surface area contributed by atoms with Crippen molar-refractivity contribution in [2.24, 2.45) is 0 Å². The third-order valence-electron chi connectivity index (χ3n) is 4.46. The van der Waals surface area contributed by atoms with Gasteiger partial charge in [-0.05, 0) is 38.3 Å². The first-order valence-corrected chi connectivity index (χ1v) is 8.92. The second-order valence-corrected chi connectivity index (χ2v) is 6.50. The fraction of sp³-hybridized carbons (Fsp3) is 0.579. The molecule has 1 heterocycles. The molecule has 5 heteroatoms. The van der Waals surface area contributed by atoms with E-state index in [1.54, 1.807) is 0 Å². The van der Waals surface area contributed by atoms with Gasteiger partial charge >= 0.3 is 0 Å². The lowest BCUT2D eigenvalue weighted by atomic mass is 10.1. The Kier molecular flexibility index (Phi) is 7.25. The molecule has 24 heavy (non-hydrogen) atoms. The van der Waals surface area contributed by atoms with E-state index in [1.807, 2.05) is 24.0 Å². The van der Waals surface area contributed by atoms with Gasteiger partial charge in [0.25, 0.3) is 0 Å². The molecule has 2 amide bonds. The van der Waals surface area contributed by atoms with Gasteiger partial charge < -0.3 is 15.5 Å². The number of amides is 2. The average molecular weight is 331 g/mol. The molecule has 5 nitrogen and oxygen atoms in total. The van der Waals surface area contributed by atoms with Crippen molar-refractivity contribution in [2.75, 3.05) is 26.2 Å². The predicted octanol–water partition coefficient (Wildman–Crippen LogP) is 1.64. The molecule has 1 atom stereocenters. The number of carbonyl (C=O) groups is 2. The molecule has 1 unspecified atom stereocenters. The second kappa shape index (κ2) is 9.42. The van der Waals surface area contributed by atoms with E-state index in [1.165, 1.54) is 5.56 Å². The van der Waals surface area contributed by atoms with Crippen LogP contribution in [0.3, 0.4) is 0 Å². The van der Waals surface area contributed by atoms with Crippen molar-refractivity contribution >= 4 is 11.8 Å². The largest absolute Gasteiger partial charge is 0.347 e. The van der Waals surface area contributed by atoms with E-state index in [-0.39, 0.29) is 24.4 Å². The van der Waals surface area contributed by atoms with Gasteiger partial charge in [0.05, 0.1) is 6.54 Å². The summed E-state index contributed by atoms with van der Waals surface area (Å²) in [5.74, 6) is -0.0424. The molecule has 1 aliphatic heterocycles. The van der Waals surface area contributed by atoms with E-state index in [4.69, 9.17) is 0 Å². The highest BCUT2D eigenvalue weighted by Gasteiger charge is 2.25. The van der Waals surface area contributed by atoms with Crippen molar-refractivity contribution in [3.63, 3.8) is 0 Å². The molecule has 1 aromatic carbocycles. The Bertz CT molecular complexity index is 536. The molecule has 132 valence electrons. The number of hydrogen-bond acceptors (Lipinski definition) is 3. The summed E-state index contributed by atoms with van der Waals surface area (Å²) in [5.41, 5.74) is 2.36. The molecule has 1 saturated heterocycles. The number of rotatable bonds is 8. The van der Waals surface area contributed by atoms with Crippen LogP contribution in [0.5, 0.6) is 0 Å². The van der Waals surface area contributed by atoms with Crippen LogP contribution < -0.4 is 10.6 Å². The fourth-order valence-corrected chi connectivity index (χ4v) is 3.03. The summed E-state index contributed by atoms with van der Waals surface area (Å²) in [6.45, 7) is 6.79. The summed E-state index contributed by atoms with van der Waals surface area (Å²) in [6, 6.07) is 8.46. The molecule has 1 aliphatic rings. The van der Waals surface area contributed by atoms with Crippen molar-refractivity contribution in [1.29, 1.82) is 0 Å². The lowest BCUT2D eigenvalue weighted by Gasteiger charge is -2.28. The van der Waals surface area contributed by atoms with Crippen molar-refractivity contribution in [1.82, 2.24) is 15.5 Å². The summed E-state index contributed by atoms with van der Waals surface area (Å²) in [5, 5.41) is 6.07. The van der Waals surface area contributed by atoms with E-state index < -0.39 is 0 Å². The molecule has 1 fully saturated rings. The van der Waals surface area contributed by atoms with Gasteiger partial charge in [-0.15, -0.1) is 0 Å². The van der Waals surface area contributed by atoms with Gasteiger partial charge in [0.15, 0.2) is 0 Å². The Morgan fingerprint density at radius 2 is 2.04 bits per heavy atom. The minimum Gasteiger partial charge on any atom is -0.347 e. The molecule has 2 N–H and O–H groups in total. The first-order chi connectivity index (χ1) is 11.6. The summed E-state index contributed by atoms with van der Waals surface area (Å²) in [4.78, 5) is 26.3. The fourth-order valence-electron chi connectivity index (χ4n) is 3.03. The molecular formula is C19H29N3O2. The highest BCUT2D eigenvalue weighted by Crippen LogP contribution is 2.09. The van der Waals surface area contributed by atoms with Crippen LogP contribution in [0.4, 0.5) is 0 Å². The Morgan fingerprint density at radius 1 is 1.29 bits per heavy atom. The van der Waals surface area contributed by atoms with Crippen LogP contribution in [0.15, 0.2) is 24.3 Å². The third-order valence-corrected chi connectivity index (χ3v) is 4.46. The lowest BCUT2D eigenvalue weighted by Crippen LogP contribution is -2.46. The lowest BCUT2D eigenvalue weighted by molar-refractivity contribution is -0.134. The number of nitrogens with zero attached hydrogens (tertiary/aromatic N) is 1. The highest BCUT2D eigenvalue weighted by atomic mass is 16.2. The van der Waals surface area contributed by atoms with E-state index in [9.17, 15) is 9.59 Å². The van der Waals surface area contributed by atoms with E-state index in [2.05, 4.69) is 29.7 Å². The van der Waals surface area contributed by atoms with Crippen LogP contribution in [-0.4, -0.2) is 48.9 Å². The molecule has 0 spiro atoms. The van der Waals surface area contributed by atoms with Crippen LogP contribution in [0.25, 0.3) is 0 Å². The van der Waals surface area contributed by atoms with E-state index in [0.29, 0.717) is 12.8 Å². The van der Waals surface area contributed by atoms with Gasteiger partial charge in [0.1, 0.15) is 0 Å². The molecule has 1 aromatic rings. The maximum Gasteiger partial charge on any atom is 0.242 e. The van der Waals surface area contributed by atoms with Crippen LogP contribution in [0.1, 0.15) is 37.3 Å². The SMILES string of the molecule is CCCN(C(=O)CNC(=O)CCc1ccc(C)cc1)C1CCNC1. The van der Waals surface area contributed by atoms with Gasteiger partial charge in [-0.25, -0.2) is 0 Å². The van der Waals surface area contributed by atoms with Crippen molar-refractivity contribution in [3.05, 3.63) is 35.4 Å². The Morgan fingerprint density at radius 3 is 2.67 bits per heavy atom. The standard InChI is InChI=1S/C19H29N3O2/c1-3-12-22(17-10-11-20-13-17)19(24)14-21-18(23)9-8-16-6-4-15(2)5-7-16/h4-7,17,20H,3,8-14H2,1-2H3,(H,21,23). The zero-order chi connectivity index (χ0) is 17.4. The van der Waals surface area contributed by atoms with Crippen molar-refractivity contribution < 1.29 is 9.59 Å². The molecule has 0 aliphatic carbocycles. The maximum absolute atomic E-state index is 12.4. The first-order valence-electron chi connectivity index (χ1n) is 8.92. The van der Waals surface area contributed by atoms with Crippen LogP contribution in [0, 0.1) is 6.92 Å². The normalized spacial score (nSPS) is 16.8. The smallest absolute Gasteiger partial charge is 0.242 e. The third kappa shape index (κ3) is 5.64. The minimum atomic E-state index is -0.0649. The number of benzene rings is 1. The zero-order valence-corrected chi connectivity index (χ0v) is 14.8. The number of carbonyl (C=O) groups excluding carboxylic acids is 2. The van der Waals surface area contributed by atoms with Crippen LogP contribution in [-0.2, 0) is 16.0 Å². The summed E-state index contributed by atoms with van der Waals surface area (Å²) in [7, 11) is 0.